The second-order valence-corrected chi connectivity index (χ2v) is 9.73. The van der Waals surface area contributed by atoms with E-state index in [0.717, 1.165) is 33.8 Å². The van der Waals surface area contributed by atoms with Gasteiger partial charge in [-0.3, -0.25) is 10.1 Å². The van der Waals surface area contributed by atoms with Crippen molar-refractivity contribution in [3.05, 3.63) is 62.8 Å². The summed E-state index contributed by atoms with van der Waals surface area (Å²) in [5, 5.41) is 6.54. The number of carbonyl (C=O) groups is 1. The van der Waals surface area contributed by atoms with Gasteiger partial charge in [-0.15, -0.1) is 11.3 Å². The van der Waals surface area contributed by atoms with Crippen molar-refractivity contribution in [2.24, 2.45) is 0 Å². The Morgan fingerprint density at radius 2 is 1.96 bits per heavy atom. The second kappa shape index (κ2) is 7.32. The van der Waals surface area contributed by atoms with Crippen molar-refractivity contribution in [1.82, 2.24) is 9.29 Å². The highest BCUT2D eigenvalue weighted by molar-refractivity contribution is 7.89. The SMILES string of the molecule is O=C(Nc1nc2c(s1)CN(S(=O)(=O)c1c(F)cccc1F)CC2)c1ccsc1. The summed E-state index contributed by atoms with van der Waals surface area (Å²) in [6, 6.07) is 4.63. The third kappa shape index (κ3) is 3.46. The molecule has 146 valence electrons. The Hall–Kier alpha value is -2.21. The molecule has 0 spiro atoms. The summed E-state index contributed by atoms with van der Waals surface area (Å²) in [7, 11) is -4.34. The standard InChI is InChI=1S/C17H13F2N3O3S3/c18-11-2-1-3-12(19)15(11)28(24,25)22-6-4-13-14(8-22)27-17(20-13)21-16(23)10-5-7-26-9-10/h1-3,5,7,9H,4,6,8H2,(H,20,21,23). The van der Waals surface area contributed by atoms with Crippen LogP contribution in [0.2, 0.25) is 0 Å². The molecular formula is C17H13F2N3O3S3. The summed E-state index contributed by atoms with van der Waals surface area (Å²) in [4.78, 5) is 16.2. The van der Waals surface area contributed by atoms with E-state index in [1.165, 1.54) is 11.3 Å². The number of hydrogen-bond donors (Lipinski definition) is 1. The molecule has 1 N–H and O–H groups in total. The number of sulfonamides is 1. The highest BCUT2D eigenvalue weighted by atomic mass is 32.2. The Balaban J connectivity index is 1.57. The van der Waals surface area contributed by atoms with Crippen LogP contribution in [0.3, 0.4) is 0 Å². The van der Waals surface area contributed by atoms with Crippen LogP contribution in [0, 0.1) is 11.6 Å². The van der Waals surface area contributed by atoms with Gasteiger partial charge in [-0.2, -0.15) is 15.6 Å². The molecule has 11 heteroatoms. The lowest BCUT2D eigenvalue weighted by molar-refractivity contribution is 0.102. The topological polar surface area (TPSA) is 79.4 Å². The van der Waals surface area contributed by atoms with Crippen LogP contribution in [0.25, 0.3) is 0 Å². The van der Waals surface area contributed by atoms with Crippen molar-refractivity contribution in [3.63, 3.8) is 0 Å². The molecule has 3 aromatic rings. The summed E-state index contributed by atoms with van der Waals surface area (Å²) in [5.74, 6) is -2.55. The number of amides is 1. The number of thiazole rings is 1. The number of benzene rings is 1. The third-order valence-electron chi connectivity index (χ3n) is 4.22. The molecule has 1 aliphatic heterocycles. The van der Waals surface area contributed by atoms with Crippen molar-refractivity contribution in [2.75, 3.05) is 11.9 Å². The fourth-order valence-electron chi connectivity index (χ4n) is 2.85. The summed E-state index contributed by atoms with van der Waals surface area (Å²) >= 11 is 2.55. The van der Waals surface area contributed by atoms with Gasteiger partial charge in [0, 0.05) is 23.2 Å². The van der Waals surface area contributed by atoms with E-state index in [1.54, 1.807) is 16.8 Å². The molecule has 28 heavy (non-hydrogen) atoms. The van der Waals surface area contributed by atoms with Crippen LogP contribution in [0.4, 0.5) is 13.9 Å². The van der Waals surface area contributed by atoms with Crippen molar-refractivity contribution in [1.29, 1.82) is 0 Å². The maximum atomic E-state index is 14.0. The minimum Gasteiger partial charge on any atom is -0.298 e. The molecule has 1 aromatic carbocycles. The highest BCUT2D eigenvalue weighted by Crippen LogP contribution is 2.32. The summed E-state index contributed by atoms with van der Waals surface area (Å²) in [5.41, 5.74) is 1.18. The molecule has 0 saturated carbocycles. The van der Waals surface area contributed by atoms with Crippen LogP contribution in [-0.4, -0.2) is 30.2 Å². The zero-order valence-electron chi connectivity index (χ0n) is 14.2. The average molecular weight is 442 g/mol. The molecule has 0 fully saturated rings. The first-order valence-corrected chi connectivity index (χ1v) is 11.3. The zero-order valence-corrected chi connectivity index (χ0v) is 16.6. The predicted octanol–water partition coefficient (Wildman–Crippen LogP) is 3.48. The third-order valence-corrected chi connectivity index (χ3v) is 7.80. The molecule has 0 unspecified atom stereocenters. The van der Waals surface area contributed by atoms with Gasteiger partial charge in [0.15, 0.2) is 10.0 Å². The van der Waals surface area contributed by atoms with E-state index in [-0.39, 0.29) is 25.4 Å². The van der Waals surface area contributed by atoms with Crippen LogP contribution in [0.5, 0.6) is 0 Å². The Kier molecular flexibility index (Phi) is 5.00. The first kappa shape index (κ1) is 19.1. The fraction of sp³-hybridized carbons (Fsp3) is 0.176. The van der Waals surface area contributed by atoms with Gasteiger partial charge in [-0.25, -0.2) is 22.2 Å². The van der Waals surface area contributed by atoms with Gasteiger partial charge in [0.05, 0.1) is 17.8 Å². The average Bonchev–Trinajstić information content (AvgIpc) is 3.30. The molecule has 0 radical (unpaired) electrons. The quantitative estimate of drug-likeness (QED) is 0.672. The highest BCUT2D eigenvalue weighted by Gasteiger charge is 2.34. The van der Waals surface area contributed by atoms with E-state index in [0.29, 0.717) is 21.3 Å². The lowest BCUT2D eigenvalue weighted by Crippen LogP contribution is -2.36. The molecule has 3 heterocycles. The van der Waals surface area contributed by atoms with Crippen LogP contribution in [0.15, 0.2) is 39.9 Å². The Morgan fingerprint density at radius 1 is 1.21 bits per heavy atom. The van der Waals surface area contributed by atoms with Gasteiger partial charge in [0.25, 0.3) is 5.91 Å². The number of aromatic nitrogens is 1. The molecule has 0 saturated heterocycles. The molecule has 1 amide bonds. The molecule has 1 aliphatic rings. The van der Waals surface area contributed by atoms with Crippen molar-refractivity contribution >= 4 is 43.7 Å². The largest absolute Gasteiger partial charge is 0.298 e. The number of halogens is 2. The van der Waals surface area contributed by atoms with Crippen molar-refractivity contribution < 1.29 is 22.0 Å². The van der Waals surface area contributed by atoms with Gasteiger partial charge in [-0.05, 0) is 23.6 Å². The molecule has 2 aromatic heterocycles. The Bertz CT molecular complexity index is 1120. The Morgan fingerprint density at radius 3 is 2.64 bits per heavy atom. The summed E-state index contributed by atoms with van der Waals surface area (Å²) in [6.45, 7) is -0.0117. The summed E-state index contributed by atoms with van der Waals surface area (Å²) in [6.07, 6.45) is 0.287. The van der Waals surface area contributed by atoms with Gasteiger partial charge < -0.3 is 0 Å². The van der Waals surface area contributed by atoms with Crippen molar-refractivity contribution in [3.8, 4) is 0 Å². The maximum Gasteiger partial charge on any atom is 0.258 e. The number of hydrogen-bond acceptors (Lipinski definition) is 6. The van der Waals surface area contributed by atoms with E-state index < -0.39 is 26.6 Å². The number of nitrogens with one attached hydrogen (secondary N) is 1. The minimum atomic E-state index is -4.34. The first-order valence-electron chi connectivity index (χ1n) is 8.12. The lowest BCUT2D eigenvalue weighted by Gasteiger charge is -2.25. The number of anilines is 1. The number of fused-ring (bicyclic) bond motifs is 1. The molecule has 0 aliphatic carbocycles. The van der Waals surface area contributed by atoms with Crippen LogP contribution in [0.1, 0.15) is 20.9 Å². The Labute approximate surface area is 167 Å². The van der Waals surface area contributed by atoms with E-state index in [2.05, 4.69) is 10.3 Å². The minimum absolute atomic E-state index is 0.0464. The zero-order chi connectivity index (χ0) is 19.9. The maximum absolute atomic E-state index is 14.0. The normalized spacial score (nSPS) is 14.6. The van der Waals surface area contributed by atoms with Crippen LogP contribution >= 0.6 is 22.7 Å². The first-order chi connectivity index (χ1) is 13.4. The monoisotopic (exact) mass is 441 g/mol. The van der Waals surface area contributed by atoms with Crippen molar-refractivity contribution in [2.45, 2.75) is 17.9 Å². The number of carbonyl (C=O) groups excluding carboxylic acids is 1. The lowest BCUT2D eigenvalue weighted by atomic mass is 10.2. The van der Waals surface area contributed by atoms with E-state index in [9.17, 15) is 22.0 Å². The van der Waals surface area contributed by atoms with E-state index in [4.69, 9.17) is 0 Å². The van der Waals surface area contributed by atoms with Gasteiger partial charge in [0.1, 0.15) is 11.6 Å². The summed E-state index contributed by atoms with van der Waals surface area (Å²) < 4.78 is 54.5. The molecule has 0 atom stereocenters. The number of rotatable bonds is 4. The van der Waals surface area contributed by atoms with E-state index >= 15 is 0 Å². The number of nitrogens with zero attached hydrogens (tertiary/aromatic N) is 2. The smallest absolute Gasteiger partial charge is 0.258 e. The van der Waals surface area contributed by atoms with Gasteiger partial charge in [0.2, 0.25) is 10.0 Å². The van der Waals surface area contributed by atoms with Crippen LogP contribution < -0.4 is 5.32 Å². The number of thiophene rings is 1. The molecule has 0 bridgehead atoms. The van der Waals surface area contributed by atoms with Crippen LogP contribution in [-0.2, 0) is 23.0 Å². The molecular weight excluding hydrogens is 428 g/mol. The van der Waals surface area contributed by atoms with Gasteiger partial charge >= 0.3 is 0 Å². The second-order valence-electron chi connectivity index (χ2n) is 5.99. The molecule has 6 nitrogen and oxygen atoms in total. The van der Waals surface area contributed by atoms with E-state index in [1.807, 2.05) is 0 Å². The predicted molar refractivity (Wildman–Crippen MR) is 102 cm³/mol. The van der Waals surface area contributed by atoms with Gasteiger partial charge in [-0.1, -0.05) is 6.07 Å². The fourth-order valence-corrected chi connectivity index (χ4v) is 6.11. The molecule has 4 rings (SSSR count).